The lowest BCUT2D eigenvalue weighted by Gasteiger charge is -2.16. The second kappa shape index (κ2) is 6.89. The molecule has 0 fully saturated rings. The van der Waals surface area contributed by atoms with Gasteiger partial charge in [-0.3, -0.25) is 0 Å². The zero-order valence-corrected chi connectivity index (χ0v) is 13.0. The Bertz CT molecular complexity index is 690. The summed E-state index contributed by atoms with van der Waals surface area (Å²) in [6.07, 6.45) is 0. The van der Waals surface area contributed by atoms with E-state index in [1.54, 1.807) is 36.4 Å². The van der Waals surface area contributed by atoms with Crippen LogP contribution in [0.25, 0.3) is 0 Å². The molecule has 4 nitrogen and oxygen atoms in total. The van der Waals surface area contributed by atoms with Crippen LogP contribution in [0.3, 0.4) is 0 Å². The van der Waals surface area contributed by atoms with E-state index in [1.807, 2.05) is 0 Å². The van der Waals surface area contributed by atoms with Gasteiger partial charge in [0.05, 0.1) is 11.1 Å². The highest BCUT2D eigenvalue weighted by molar-refractivity contribution is 8.93. The summed E-state index contributed by atoms with van der Waals surface area (Å²) in [6.45, 7) is 0. The average Bonchev–Trinajstić information content (AvgIpc) is 2.47. The number of rotatable bonds is 5. The Labute approximate surface area is 132 Å². The molecule has 2 rings (SSSR count). The first-order valence-corrected chi connectivity index (χ1v) is 9.46. The highest BCUT2D eigenvalue weighted by atomic mass is 35.8. The lowest BCUT2D eigenvalue weighted by Crippen LogP contribution is -1.99. The van der Waals surface area contributed by atoms with Gasteiger partial charge in [-0.15, -0.1) is 0 Å². The van der Waals surface area contributed by atoms with E-state index in [0.29, 0.717) is 9.79 Å². The van der Waals surface area contributed by atoms with Crippen molar-refractivity contribution in [2.45, 2.75) is 9.79 Å². The summed E-state index contributed by atoms with van der Waals surface area (Å²) in [7, 11) is 6.11. The third-order valence-electron chi connectivity index (χ3n) is 2.62. The zero-order valence-electron chi connectivity index (χ0n) is 10.6. The number of benzene rings is 2. The average molecular weight is 343 g/mol. The van der Waals surface area contributed by atoms with Crippen LogP contribution < -0.4 is 0 Å². The van der Waals surface area contributed by atoms with E-state index in [4.69, 9.17) is 15.8 Å². The molecule has 0 saturated carbocycles. The maximum atomic E-state index is 11.2. The number of carboxylic acids is 2. The molecule has 110 valence electrons. The predicted octanol–water partition coefficient (Wildman–Crippen LogP) is 4.30. The van der Waals surface area contributed by atoms with E-state index in [2.05, 4.69) is 0 Å². The minimum atomic E-state index is -1.40. The minimum absolute atomic E-state index is 0.138. The van der Waals surface area contributed by atoms with Crippen molar-refractivity contribution in [2.24, 2.45) is 0 Å². The standard InChI is InChI=1S/C14H11ClO4S2/c15-21(12-8-4-2-6-10(12)14(18)19)20-11-7-3-1-5-9(11)13(16)17/h1-8,21H,(H,16,17)(H,18,19). The minimum Gasteiger partial charge on any atom is -0.478 e. The number of thiol groups is 1. The largest absolute Gasteiger partial charge is 0.478 e. The smallest absolute Gasteiger partial charge is 0.336 e. The fraction of sp³-hybridized carbons (Fsp3) is 0. The van der Waals surface area contributed by atoms with E-state index < -0.39 is 21.1 Å². The van der Waals surface area contributed by atoms with Gasteiger partial charge in [-0.2, -0.15) is 0 Å². The number of aromatic carboxylic acids is 2. The van der Waals surface area contributed by atoms with E-state index in [-0.39, 0.29) is 11.1 Å². The van der Waals surface area contributed by atoms with Crippen molar-refractivity contribution in [3.05, 3.63) is 59.7 Å². The molecule has 0 aromatic heterocycles. The van der Waals surface area contributed by atoms with Crippen molar-refractivity contribution >= 4 is 42.6 Å². The SMILES string of the molecule is O=C(O)c1ccccc1S[SH](Cl)c1ccccc1C(=O)O. The fourth-order valence-corrected chi connectivity index (χ4v) is 5.77. The van der Waals surface area contributed by atoms with Gasteiger partial charge in [0.15, 0.2) is 0 Å². The van der Waals surface area contributed by atoms with Crippen molar-refractivity contribution < 1.29 is 19.8 Å². The molecule has 7 heteroatoms. The van der Waals surface area contributed by atoms with Gasteiger partial charge < -0.3 is 10.2 Å². The third kappa shape index (κ3) is 3.72. The van der Waals surface area contributed by atoms with Gasteiger partial charge in [-0.25, -0.2) is 9.59 Å². The first kappa shape index (κ1) is 15.8. The van der Waals surface area contributed by atoms with Crippen molar-refractivity contribution in [3.63, 3.8) is 0 Å². The highest BCUT2D eigenvalue weighted by Crippen LogP contribution is 2.57. The molecule has 0 bridgehead atoms. The van der Waals surface area contributed by atoms with Crippen molar-refractivity contribution in [1.82, 2.24) is 0 Å². The van der Waals surface area contributed by atoms with Crippen LogP contribution >= 0.6 is 30.6 Å². The first-order valence-electron chi connectivity index (χ1n) is 5.79. The molecule has 0 saturated heterocycles. The summed E-state index contributed by atoms with van der Waals surface area (Å²) in [4.78, 5) is 23.4. The summed E-state index contributed by atoms with van der Waals surface area (Å²) in [5, 5.41) is 18.3. The Morgan fingerprint density at radius 2 is 1.43 bits per heavy atom. The Kier molecular flexibility index (Phi) is 5.17. The molecule has 2 aromatic rings. The molecule has 21 heavy (non-hydrogen) atoms. The number of carbonyl (C=O) groups is 2. The van der Waals surface area contributed by atoms with Crippen molar-refractivity contribution in [3.8, 4) is 0 Å². The van der Waals surface area contributed by atoms with Crippen LogP contribution in [-0.2, 0) is 0 Å². The topological polar surface area (TPSA) is 74.6 Å². The normalized spacial score (nSPS) is 12.7. The van der Waals surface area contributed by atoms with Crippen LogP contribution in [0.15, 0.2) is 58.3 Å². The monoisotopic (exact) mass is 342 g/mol. The van der Waals surface area contributed by atoms with Gasteiger partial charge in [0.2, 0.25) is 0 Å². The fourth-order valence-electron chi connectivity index (χ4n) is 1.67. The number of halogens is 1. The van der Waals surface area contributed by atoms with Crippen LogP contribution in [0.2, 0.25) is 0 Å². The van der Waals surface area contributed by atoms with Gasteiger partial charge in [0.25, 0.3) is 0 Å². The summed E-state index contributed by atoms with van der Waals surface area (Å²) >= 11 is 0. The molecule has 0 aliphatic carbocycles. The lowest BCUT2D eigenvalue weighted by atomic mass is 10.2. The summed E-state index contributed by atoms with van der Waals surface area (Å²) in [6, 6.07) is 13.0. The van der Waals surface area contributed by atoms with E-state index >= 15 is 0 Å². The molecular formula is C14H11ClO4S2. The lowest BCUT2D eigenvalue weighted by molar-refractivity contribution is 0.0682. The van der Waals surface area contributed by atoms with Gasteiger partial charge in [-0.1, -0.05) is 54.9 Å². The maximum Gasteiger partial charge on any atom is 0.336 e. The van der Waals surface area contributed by atoms with E-state index in [0.717, 1.165) is 0 Å². The van der Waals surface area contributed by atoms with Crippen LogP contribution in [0.4, 0.5) is 0 Å². The van der Waals surface area contributed by atoms with Crippen LogP contribution in [0.5, 0.6) is 0 Å². The molecular weight excluding hydrogens is 332 g/mol. The summed E-state index contributed by atoms with van der Waals surface area (Å²) in [5.41, 5.74) is 0.294. The van der Waals surface area contributed by atoms with E-state index in [9.17, 15) is 14.7 Å². The number of hydrogen-bond donors (Lipinski definition) is 3. The van der Waals surface area contributed by atoms with Crippen LogP contribution in [0.1, 0.15) is 20.7 Å². The Balaban J connectivity index is 2.33. The quantitative estimate of drug-likeness (QED) is 0.558. The van der Waals surface area contributed by atoms with Crippen molar-refractivity contribution in [2.75, 3.05) is 0 Å². The zero-order chi connectivity index (χ0) is 15.4. The first-order chi connectivity index (χ1) is 10.0. The summed E-state index contributed by atoms with van der Waals surface area (Å²) < 4.78 is 0. The molecule has 0 aliphatic rings. The van der Waals surface area contributed by atoms with Crippen LogP contribution in [0, 0.1) is 0 Å². The third-order valence-corrected chi connectivity index (χ3v) is 6.93. The number of carboxylic acid groups (broad SMARTS) is 2. The Hall–Kier alpha value is -1.63. The molecule has 0 radical (unpaired) electrons. The molecule has 0 aliphatic heterocycles. The maximum absolute atomic E-state index is 11.2. The summed E-state index contributed by atoms with van der Waals surface area (Å²) in [5.74, 6) is -2.09. The Morgan fingerprint density at radius 1 is 0.905 bits per heavy atom. The molecule has 2 aromatic carbocycles. The van der Waals surface area contributed by atoms with Gasteiger partial charge in [0.1, 0.15) is 0 Å². The van der Waals surface area contributed by atoms with Crippen molar-refractivity contribution in [1.29, 1.82) is 0 Å². The molecule has 0 amide bonds. The highest BCUT2D eigenvalue weighted by Gasteiger charge is 2.18. The van der Waals surface area contributed by atoms with E-state index in [1.165, 1.54) is 22.9 Å². The van der Waals surface area contributed by atoms with Gasteiger partial charge in [-0.05, 0) is 24.3 Å². The molecule has 2 N–H and O–H groups in total. The second-order valence-electron chi connectivity index (χ2n) is 3.96. The van der Waals surface area contributed by atoms with Gasteiger partial charge in [0, 0.05) is 9.79 Å². The second-order valence-corrected chi connectivity index (χ2v) is 8.81. The predicted molar refractivity (Wildman–Crippen MR) is 85.8 cm³/mol. The van der Waals surface area contributed by atoms with Gasteiger partial charge >= 0.3 is 11.9 Å². The Morgan fingerprint density at radius 3 is 2.05 bits per heavy atom. The molecule has 0 heterocycles. The molecule has 1 atom stereocenters. The molecule has 0 spiro atoms. The molecule has 1 unspecified atom stereocenters. The van der Waals surface area contributed by atoms with Crippen LogP contribution in [-0.4, -0.2) is 22.2 Å². The number of hydrogen-bond acceptors (Lipinski definition) is 3.